The maximum Gasteiger partial charge on any atom is 0.528 e. The van der Waals surface area contributed by atoms with Crippen molar-refractivity contribution >= 4 is 31.0 Å². The molecule has 2 fully saturated rings. The predicted octanol–water partition coefficient (Wildman–Crippen LogP) is -1.14. The minimum Gasteiger partial charge on any atom is -0.507 e. The van der Waals surface area contributed by atoms with E-state index in [1.807, 2.05) is 4.90 Å². The molecule has 0 saturated carbocycles. The van der Waals surface area contributed by atoms with Crippen molar-refractivity contribution in [2.24, 2.45) is 11.7 Å². The summed E-state index contributed by atoms with van der Waals surface area (Å²) >= 11 is 0. The molecule has 0 bridgehead atoms. The molecule has 0 aromatic rings. The quantitative estimate of drug-likeness (QED) is 0.352. The van der Waals surface area contributed by atoms with Gasteiger partial charge in [0.25, 0.3) is 0 Å². The molecular weight excluding hydrogens is 363 g/mol. The lowest BCUT2D eigenvalue weighted by Gasteiger charge is -2.25. The molecule has 150 valence electrons. The number of carbonyl (C=O) groups excluding carboxylic acids is 1. The average Bonchev–Trinajstić information content (AvgIpc) is 2.96. The van der Waals surface area contributed by atoms with Crippen LogP contribution >= 0.6 is 0 Å². The third kappa shape index (κ3) is 4.57. The van der Waals surface area contributed by atoms with Crippen molar-refractivity contribution in [2.45, 2.75) is 43.1 Å². The van der Waals surface area contributed by atoms with Gasteiger partial charge in [0.1, 0.15) is 5.54 Å². The first-order chi connectivity index (χ1) is 12.5. The molecule has 2 unspecified atom stereocenters. The second-order valence-electron chi connectivity index (χ2n) is 7.26. The minimum absolute atomic E-state index is 0.183. The van der Waals surface area contributed by atoms with Crippen LogP contribution in [0.2, 0.25) is 6.32 Å². The zero-order chi connectivity index (χ0) is 20.4. The van der Waals surface area contributed by atoms with E-state index in [9.17, 15) is 24.3 Å². The van der Waals surface area contributed by atoms with Gasteiger partial charge in [-0.3, -0.25) is 19.2 Å². The lowest BCUT2D eigenvalue weighted by atomic mass is 9.78. The molecular formula is C15H23BN2O9. The molecule has 5 N–H and O–H groups in total. The Kier molecular flexibility index (Phi) is 6.12. The largest absolute Gasteiger partial charge is 0.528 e. The molecule has 0 aromatic carbocycles. The Morgan fingerprint density at radius 3 is 2.37 bits per heavy atom. The van der Waals surface area contributed by atoms with Crippen molar-refractivity contribution in [1.82, 2.24) is 4.90 Å². The number of nitrogens with zero attached hydrogens (tertiary/aromatic N) is 1. The normalized spacial score (nSPS) is 27.6. The molecule has 2 aliphatic rings. The van der Waals surface area contributed by atoms with Gasteiger partial charge in [0.2, 0.25) is 0 Å². The number of hydrogen-bond acceptors (Lipinski definition) is 8. The van der Waals surface area contributed by atoms with Crippen molar-refractivity contribution in [1.29, 1.82) is 0 Å². The molecule has 0 radical (unpaired) electrons. The Labute approximate surface area is 155 Å². The second kappa shape index (κ2) is 7.83. The number of carboxylic acids is 3. The molecule has 2 atom stereocenters. The van der Waals surface area contributed by atoms with Crippen molar-refractivity contribution in [2.75, 3.05) is 20.1 Å². The maximum absolute atomic E-state index is 12.1. The van der Waals surface area contributed by atoms with Gasteiger partial charge in [0, 0.05) is 19.0 Å². The number of likely N-dealkylation sites (tertiary alicyclic amines) is 1. The van der Waals surface area contributed by atoms with Crippen LogP contribution in [-0.4, -0.2) is 82.5 Å². The van der Waals surface area contributed by atoms with Gasteiger partial charge in [0.15, 0.2) is 5.60 Å². The summed E-state index contributed by atoms with van der Waals surface area (Å²) in [5, 5.41) is 27.3. The maximum atomic E-state index is 12.1. The Balaban J connectivity index is 1.95. The summed E-state index contributed by atoms with van der Waals surface area (Å²) in [5.74, 6) is -5.16. The van der Waals surface area contributed by atoms with Gasteiger partial charge in [-0.1, -0.05) is 6.42 Å². The number of carbonyl (C=O) groups is 4. The van der Waals surface area contributed by atoms with E-state index in [4.69, 9.17) is 25.3 Å². The summed E-state index contributed by atoms with van der Waals surface area (Å²) < 4.78 is 10.4. The van der Waals surface area contributed by atoms with Crippen molar-refractivity contribution in [3.8, 4) is 0 Å². The van der Waals surface area contributed by atoms with Gasteiger partial charge >= 0.3 is 31.0 Å². The van der Waals surface area contributed by atoms with Crippen molar-refractivity contribution in [3.05, 3.63) is 0 Å². The van der Waals surface area contributed by atoms with Crippen LogP contribution in [0.15, 0.2) is 0 Å². The minimum atomic E-state index is -2.05. The van der Waals surface area contributed by atoms with Crippen LogP contribution in [0.1, 0.15) is 25.7 Å². The summed E-state index contributed by atoms with van der Waals surface area (Å²) in [7, 11) is 0.700. The summed E-state index contributed by atoms with van der Waals surface area (Å²) in [6.45, 7) is 0.734. The number of likely N-dealkylation sites (N-methyl/N-ethyl adjacent to an activating group) is 1. The Morgan fingerprint density at radius 2 is 1.85 bits per heavy atom. The molecule has 27 heavy (non-hydrogen) atoms. The summed E-state index contributed by atoms with van der Waals surface area (Å²) in [5.41, 5.74) is 2.61. The standard InChI is InChI=1S/C15H23BN2O9/c1-18-7-9(15(17,8-18)12(23)24)3-2-4-16-26-13(25)14(27-16,5-10(19)20)6-11(21)22/h9H,2-8,17H2,1H3,(H,19,20)(H,21,22)(H,23,24). The number of aliphatic carboxylic acids is 3. The Morgan fingerprint density at radius 1 is 1.26 bits per heavy atom. The van der Waals surface area contributed by atoms with Crippen molar-refractivity contribution < 1.29 is 43.8 Å². The van der Waals surface area contributed by atoms with E-state index in [1.54, 1.807) is 7.05 Å². The monoisotopic (exact) mass is 386 g/mol. The molecule has 2 saturated heterocycles. The molecule has 2 rings (SSSR count). The first-order valence-corrected chi connectivity index (χ1v) is 8.52. The van der Waals surface area contributed by atoms with E-state index in [2.05, 4.69) is 0 Å². The highest BCUT2D eigenvalue weighted by atomic mass is 16.7. The lowest BCUT2D eigenvalue weighted by Crippen LogP contribution is -2.54. The second-order valence-corrected chi connectivity index (χ2v) is 7.26. The summed E-state index contributed by atoms with van der Waals surface area (Å²) in [6.07, 6.45) is -0.586. The number of nitrogens with two attached hydrogens (primary N) is 1. The molecule has 11 nitrogen and oxygen atoms in total. The van der Waals surface area contributed by atoms with Crippen LogP contribution in [0.3, 0.4) is 0 Å². The van der Waals surface area contributed by atoms with Crippen LogP contribution in [0, 0.1) is 5.92 Å². The third-order valence-electron chi connectivity index (χ3n) is 5.02. The molecule has 0 aromatic heterocycles. The van der Waals surface area contributed by atoms with E-state index in [0.717, 1.165) is 0 Å². The van der Waals surface area contributed by atoms with Gasteiger partial charge in [-0.2, -0.15) is 0 Å². The first-order valence-electron chi connectivity index (χ1n) is 8.52. The molecule has 2 aliphatic heterocycles. The Bertz CT molecular complexity index is 627. The highest BCUT2D eigenvalue weighted by Crippen LogP contribution is 2.34. The van der Waals surface area contributed by atoms with E-state index < -0.39 is 55.0 Å². The van der Waals surface area contributed by atoms with Crippen LogP contribution in [0.25, 0.3) is 0 Å². The van der Waals surface area contributed by atoms with E-state index in [0.29, 0.717) is 19.4 Å². The fourth-order valence-electron chi connectivity index (χ4n) is 3.75. The van der Waals surface area contributed by atoms with Gasteiger partial charge < -0.3 is 35.3 Å². The summed E-state index contributed by atoms with van der Waals surface area (Å²) in [4.78, 5) is 47.3. The van der Waals surface area contributed by atoms with Crippen LogP contribution in [0.5, 0.6) is 0 Å². The molecule has 0 spiro atoms. The van der Waals surface area contributed by atoms with Crippen LogP contribution in [0.4, 0.5) is 0 Å². The highest BCUT2D eigenvalue weighted by molar-refractivity contribution is 6.49. The molecule has 12 heteroatoms. The molecule has 0 aliphatic carbocycles. The van der Waals surface area contributed by atoms with E-state index in [-0.39, 0.29) is 18.8 Å². The third-order valence-corrected chi connectivity index (χ3v) is 5.02. The SMILES string of the molecule is CN1CC(CCCB2OC(=O)C(CC(=O)O)(CC(=O)O)O2)C(N)(C(=O)O)C1. The lowest BCUT2D eigenvalue weighted by molar-refractivity contribution is -0.157. The summed E-state index contributed by atoms with van der Waals surface area (Å²) in [6, 6.07) is 0. The smallest absolute Gasteiger partial charge is 0.507 e. The van der Waals surface area contributed by atoms with Crippen LogP contribution in [-0.2, 0) is 28.5 Å². The van der Waals surface area contributed by atoms with Crippen LogP contribution < -0.4 is 5.73 Å². The Hall–Kier alpha value is -2.18. The van der Waals surface area contributed by atoms with E-state index >= 15 is 0 Å². The predicted molar refractivity (Wildman–Crippen MR) is 89.7 cm³/mol. The van der Waals surface area contributed by atoms with Gasteiger partial charge in [-0.15, -0.1) is 0 Å². The fourth-order valence-corrected chi connectivity index (χ4v) is 3.75. The first kappa shape index (κ1) is 21.1. The fraction of sp³-hybridized carbons (Fsp3) is 0.733. The zero-order valence-electron chi connectivity index (χ0n) is 14.9. The topological polar surface area (TPSA) is 177 Å². The molecule has 2 heterocycles. The number of carboxylic acid groups (broad SMARTS) is 3. The number of hydrogen-bond donors (Lipinski definition) is 4. The average molecular weight is 386 g/mol. The highest BCUT2D eigenvalue weighted by Gasteiger charge is 2.55. The zero-order valence-corrected chi connectivity index (χ0v) is 14.9. The number of rotatable bonds is 9. The van der Waals surface area contributed by atoms with Gasteiger partial charge in [-0.25, -0.2) is 0 Å². The van der Waals surface area contributed by atoms with Gasteiger partial charge in [-0.05, 0) is 19.8 Å². The molecule has 0 amide bonds. The van der Waals surface area contributed by atoms with E-state index in [1.165, 1.54) is 0 Å². The van der Waals surface area contributed by atoms with Crippen molar-refractivity contribution in [3.63, 3.8) is 0 Å². The van der Waals surface area contributed by atoms with Gasteiger partial charge in [0.05, 0.1) is 12.8 Å².